The van der Waals surface area contributed by atoms with Crippen molar-refractivity contribution in [2.75, 3.05) is 26.3 Å². The van der Waals surface area contributed by atoms with Crippen LogP contribution in [-0.4, -0.2) is 48.4 Å². The molecule has 17 heavy (non-hydrogen) atoms. The van der Waals surface area contributed by atoms with E-state index in [4.69, 9.17) is 26.4 Å². The fourth-order valence-electron chi connectivity index (χ4n) is 1.85. The van der Waals surface area contributed by atoms with E-state index in [1.807, 2.05) is 6.07 Å². The first-order chi connectivity index (χ1) is 8.16. The van der Waals surface area contributed by atoms with E-state index in [2.05, 4.69) is 4.90 Å². The average Bonchev–Trinajstić information content (AvgIpc) is 2.33. The molecule has 0 aliphatic carbocycles. The Labute approximate surface area is 106 Å². The van der Waals surface area contributed by atoms with Gasteiger partial charge in [-0.3, -0.25) is 4.90 Å². The van der Waals surface area contributed by atoms with E-state index in [-0.39, 0.29) is 0 Å². The summed E-state index contributed by atoms with van der Waals surface area (Å²) in [5.41, 5.74) is 1.42. The van der Waals surface area contributed by atoms with Crippen molar-refractivity contribution in [3.05, 3.63) is 28.8 Å². The van der Waals surface area contributed by atoms with Crippen LogP contribution in [0.5, 0.6) is 0 Å². The van der Waals surface area contributed by atoms with Crippen LogP contribution in [0.2, 0.25) is 5.02 Å². The van der Waals surface area contributed by atoms with Gasteiger partial charge in [0.1, 0.15) is 0 Å². The van der Waals surface area contributed by atoms with Crippen LogP contribution in [0.3, 0.4) is 0 Å². The van der Waals surface area contributed by atoms with E-state index in [0.29, 0.717) is 10.5 Å². The maximum Gasteiger partial charge on any atom is 0.488 e. The number of rotatable bonds is 3. The van der Waals surface area contributed by atoms with Gasteiger partial charge in [-0.2, -0.15) is 0 Å². The molecular weight excluding hydrogens is 240 g/mol. The van der Waals surface area contributed by atoms with Gasteiger partial charge in [0, 0.05) is 24.7 Å². The Hall–Kier alpha value is -0.585. The molecule has 1 aromatic carbocycles. The lowest BCUT2D eigenvalue weighted by Crippen LogP contribution is -2.36. The summed E-state index contributed by atoms with van der Waals surface area (Å²) < 4.78 is 5.28. The van der Waals surface area contributed by atoms with Gasteiger partial charge in [-0.1, -0.05) is 23.7 Å². The van der Waals surface area contributed by atoms with Crippen LogP contribution in [0, 0.1) is 0 Å². The third kappa shape index (κ3) is 3.44. The molecular formula is C11H15BClNO3. The molecule has 0 saturated carbocycles. The standard InChI is InChI=1S/C11H15BClNO3/c13-11-7-10(12(15)16)2-1-9(11)8-14-3-5-17-6-4-14/h1-2,7,15-16H,3-6,8H2. The van der Waals surface area contributed by atoms with Crippen molar-refractivity contribution >= 4 is 24.2 Å². The summed E-state index contributed by atoms with van der Waals surface area (Å²) in [6.45, 7) is 4.08. The molecule has 1 aliphatic heterocycles. The lowest BCUT2D eigenvalue weighted by molar-refractivity contribution is 0.0342. The topological polar surface area (TPSA) is 52.9 Å². The third-order valence-corrected chi connectivity index (χ3v) is 3.22. The number of halogens is 1. The Morgan fingerprint density at radius 3 is 2.59 bits per heavy atom. The van der Waals surface area contributed by atoms with Gasteiger partial charge in [-0.25, -0.2) is 0 Å². The summed E-state index contributed by atoms with van der Waals surface area (Å²) in [6.07, 6.45) is 0. The van der Waals surface area contributed by atoms with Crippen LogP contribution in [0.25, 0.3) is 0 Å². The largest absolute Gasteiger partial charge is 0.488 e. The molecule has 1 heterocycles. The van der Waals surface area contributed by atoms with Crippen molar-refractivity contribution in [1.82, 2.24) is 4.90 Å². The number of hydrogen-bond acceptors (Lipinski definition) is 4. The maximum absolute atomic E-state index is 9.03. The minimum atomic E-state index is -1.47. The van der Waals surface area contributed by atoms with Crippen molar-refractivity contribution < 1.29 is 14.8 Å². The Morgan fingerprint density at radius 1 is 1.29 bits per heavy atom. The molecule has 0 spiro atoms. The van der Waals surface area contributed by atoms with Crippen LogP contribution < -0.4 is 5.46 Å². The van der Waals surface area contributed by atoms with Gasteiger partial charge in [0.05, 0.1) is 13.2 Å². The van der Waals surface area contributed by atoms with Gasteiger partial charge in [-0.05, 0) is 17.1 Å². The van der Waals surface area contributed by atoms with Crippen molar-refractivity contribution in [1.29, 1.82) is 0 Å². The first kappa shape index (κ1) is 12.9. The van der Waals surface area contributed by atoms with E-state index >= 15 is 0 Å². The van der Waals surface area contributed by atoms with Crippen LogP contribution in [0.4, 0.5) is 0 Å². The Balaban J connectivity index is 2.05. The quantitative estimate of drug-likeness (QED) is 0.738. The van der Waals surface area contributed by atoms with Crippen LogP contribution in [0.1, 0.15) is 5.56 Å². The normalized spacial score (nSPS) is 17.1. The molecule has 1 saturated heterocycles. The fraction of sp³-hybridized carbons (Fsp3) is 0.455. The number of ether oxygens (including phenoxy) is 1. The molecule has 0 radical (unpaired) electrons. The molecule has 1 fully saturated rings. The van der Waals surface area contributed by atoms with Gasteiger partial charge >= 0.3 is 7.12 Å². The summed E-state index contributed by atoms with van der Waals surface area (Å²) in [7, 11) is -1.47. The van der Waals surface area contributed by atoms with Crippen molar-refractivity contribution in [3.63, 3.8) is 0 Å². The summed E-state index contributed by atoms with van der Waals surface area (Å²) in [6, 6.07) is 5.13. The second-order valence-corrected chi connectivity index (χ2v) is 4.52. The Morgan fingerprint density at radius 2 is 2.00 bits per heavy atom. The smallest absolute Gasteiger partial charge is 0.423 e. The highest BCUT2D eigenvalue weighted by Gasteiger charge is 2.15. The molecule has 1 aromatic rings. The third-order valence-electron chi connectivity index (χ3n) is 2.87. The fourth-order valence-corrected chi connectivity index (χ4v) is 2.10. The predicted molar refractivity (Wildman–Crippen MR) is 67.4 cm³/mol. The Bertz CT molecular complexity index is 383. The molecule has 2 rings (SSSR count). The minimum Gasteiger partial charge on any atom is -0.423 e. The molecule has 92 valence electrons. The molecule has 0 atom stereocenters. The van der Waals surface area contributed by atoms with Gasteiger partial charge < -0.3 is 14.8 Å². The number of hydrogen-bond donors (Lipinski definition) is 2. The number of nitrogens with zero attached hydrogens (tertiary/aromatic N) is 1. The molecule has 0 amide bonds. The molecule has 0 bridgehead atoms. The Kier molecular flexibility index (Phi) is 4.42. The summed E-state index contributed by atoms with van der Waals surface area (Å²) in [5, 5.41) is 18.6. The highest BCUT2D eigenvalue weighted by molar-refractivity contribution is 6.59. The lowest BCUT2D eigenvalue weighted by Gasteiger charge is -2.27. The van der Waals surface area contributed by atoms with Crippen molar-refractivity contribution in [3.8, 4) is 0 Å². The number of benzene rings is 1. The molecule has 0 aromatic heterocycles. The average molecular weight is 256 g/mol. The zero-order valence-electron chi connectivity index (χ0n) is 9.47. The second-order valence-electron chi connectivity index (χ2n) is 4.11. The zero-order chi connectivity index (χ0) is 12.3. The van der Waals surface area contributed by atoms with Gasteiger partial charge in [0.15, 0.2) is 0 Å². The van der Waals surface area contributed by atoms with Crippen molar-refractivity contribution in [2.24, 2.45) is 0 Å². The SMILES string of the molecule is OB(O)c1ccc(CN2CCOCC2)c(Cl)c1. The first-order valence-corrected chi connectivity index (χ1v) is 5.99. The second kappa shape index (κ2) is 5.84. The molecule has 1 aliphatic rings. The van der Waals surface area contributed by atoms with Gasteiger partial charge in [0.25, 0.3) is 0 Å². The monoisotopic (exact) mass is 255 g/mol. The van der Waals surface area contributed by atoms with E-state index in [0.717, 1.165) is 38.4 Å². The zero-order valence-corrected chi connectivity index (χ0v) is 10.2. The molecule has 0 unspecified atom stereocenters. The van der Waals surface area contributed by atoms with Crippen LogP contribution in [-0.2, 0) is 11.3 Å². The first-order valence-electron chi connectivity index (χ1n) is 5.61. The highest BCUT2D eigenvalue weighted by Crippen LogP contribution is 2.16. The summed E-state index contributed by atoms with van der Waals surface area (Å²) in [4.78, 5) is 2.26. The van der Waals surface area contributed by atoms with E-state index in [1.165, 1.54) is 0 Å². The van der Waals surface area contributed by atoms with Gasteiger partial charge in [0.2, 0.25) is 0 Å². The van der Waals surface area contributed by atoms with Crippen molar-refractivity contribution in [2.45, 2.75) is 6.54 Å². The van der Waals surface area contributed by atoms with Crippen LogP contribution in [0.15, 0.2) is 18.2 Å². The maximum atomic E-state index is 9.03. The van der Waals surface area contributed by atoms with E-state index in [9.17, 15) is 0 Å². The van der Waals surface area contributed by atoms with Gasteiger partial charge in [-0.15, -0.1) is 0 Å². The molecule has 2 N–H and O–H groups in total. The summed E-state index contributed by atoms with van der Waals surface area (Å²) >= 11 is 6.11. The van der Waals surface area contributed by atoms with E-state index < -0.39 is 7.12 Å². The molecule has 6 heteroatoms. The predicted octanol–water partition coefficient (Wildman–Crippen LogP) is -0.148. The van der Waals surface area contributed by atoms with Crippen LogP contribution >= 0.6 is 11.6 Å². The lowest BCUT2D eigenvalue weighted by atomic mass is 9.80. The highest BCUT2D eigenvalue weighted by atomic mass is 35.5. The molecule has 4 nitrogen and oxygen atoms in total. The number of morpholine rings is 1. The summed E-state index contributed by atoms with van der Waals surface area (Å²) in [5.74, 6) is 0. The minimum absolute atomic E-state index is 0.417. The van der Waals surface area contributed by atoms with E-state index in [1.54, 1.807) is 12.1 Å².